The van der Waals surface area contributed by atoms with Gasteiger partial charge in [-0.2, -0.15) is 0 Å². The molecule has 0 aliphatic carbocycles. The van der Waals surface area contributed by atoms with Gasteiger partial charge in [0.1, 0.15) is 11.5 Å². The highest BCUT2D eigenvalue weighted by Crippen LogP contribution is 2.42. The van der Waals surface area contributed by atoms with E-state index in [4.69, 9.17) is 9.47 Å². The van der Waals surface area contributed by atoms with E-state index in [9.17, 15) is 19.8 Å². The summed E-state index contributed by atoms with van der Waals surface area (Å²) in [5, 5.41) is 21.6. The van der Waals surface area contributed by atoms with Crippen molar-refractivity contribution in [2.24, 2.45) is 0 Å². The topological polar surface area (TPSA) is 96.3 Å². The number of likely N-dealkylation sites (tertiary alicyclic amines) is 1. The van der Waals surface area contributed by atoms with Gasteiger partial charge in [-0.3, -0.25) is 9.59 Å². The second-order valence-corrected chi connectivity index (χ2v) is 8.45. The third kappa shape index (κ3) is 5.05. The number of aliphatic hydroxyl groups is 1. The summed E-state index contributed by atoms with van der Waals surface area (Å²) < 4.78 is 11.2. The number of ether oxygens (including phenoxy) is 2. The summed E-state index contributed by atoms with van der Waals surface area (Å²) in [7, 11) is 0. The Morgan fingerprint density at radius 2 is 1.72 bits per heavy atom. The number of phenols is 1. The van der Waals surface area contributed by atoms with E-state index in [1.165, 1.54) is 11.0 Å². The van der Waals surface area contributed by atoms with Crippen molar-refractivity contribution in [1.82, 2.24) is 4.90 Å². The van der Waals surface area contributed by atoms with Crippen LogP contribution in [0.4, 0.5) is 0 Å². The lowest BCUT2D eigenvalue weighted by molar-refractivity contribution is -0.140. The molecule has 0 saturated carbocycles. The van der Waals surface area contributed by atoms with Crippen molar-refractivity contribution in [3.05, 3.63) is 95.1 Å². The van der Waals surface area contributed by atoms with Crippen molar-refractivity contribution < 1.29 is 29.3 Å². The molecule has 36 heavy (non-hydrogen) atoms. The van der Waals surface area contributed by atoms with E-state index >= 15 is 0 Å². The van der Waals surface area contributed by atoms with Crippen LogP contribution in [0.1, 0.15) is 43.0 Å². The molecule has 1 fully saturated rings. The molecular weight excluding hydrogens is 458 g/mol. The predicted molar refractivity (Wildman–Crippen MR) is 136 cm³/mol. The Labute approximate surface area is 210 Å². The molecule has 1 saturated heterocycles. The molecule has 4 rings (SSSR count). The van der Waals surface area contributed by atoms with E-state index in [2.05, 4.69) is 0 Å². The van der Waals surface area contributed by atoms with Gasteiger partial charge in [0.05, 0.1) is 24.8 Å². The van der Waals surface area contributed by atoms with Crippen LogP contribution in [0.3, 0.4) is 0 Å². The number of amides is 1. The molecule has 1 atom stereocenters. The number of carbonyl (C=O) groups excluding carboxylic acids is 2. The number of carbonyl (C=O) groups is 2. The normalized spacial score (nSPS) is 16.8. The van der Waals surface area contributed by atoms with Crippen LogP contribution in [0, 0.1) is 0 Å². The molecular formula is C29H29NO6. The Balaban J connectivity index is 1.85. The zero-order chi connectivity index (χ0) is 25.7. The highest BCUT2D eigenvalue weighted by Gasteiger charge is 2.46. The van der Waals surface area contributed by atoms with Gasteiger partial charge in [-0.15, -0.1) is 0 Å². The molecule has 3 aromatic rings. The summed E-state index contributed by atoms with van der Waals surface area (Å²) in [6.45, 7) is 4.79. The predicted octanol–water partition coefficient (Wildman–Crippen LogP) is 5.20. The molecule has 1 aliphatic heterocycles. The van der Waals surface area contributed by atoms with Gasteiger partial charge in [0.25, 0.3) is 11.7 Å². The summed E-state index contributed by atoms with van der Waals surface area (Å²) >= 11 is 0. The number of hydrogen-bond donors (Lipinski definition) is 2. The van der Waals surface area contributed by atoms with Crippen molar-refractivity contribution in [3.8, 4) is 17.2 Å². The van der Waals surface area contributed by atoms with E-state index < -0.39 is 17.7 Å². The maximum atomic E-state index is 13.3. The first-order chi connectivity index (χ1) is 17.4. The van der Waals surface area contributed by atoms with Gasteiger partial charge in [-0.25, -0.2) is 0 Å². The number of ketones is 1. The molecule has 7 nitrogen and oxygen atoms in total. The van der Waals surface area contributed by atoms with Crippen LogP contribution in [0.5, 0.6) is 17.2 Å². The number of nitrogens with zero attached hydrogens (tertiary/aromatic N) is 1. The van der Waals surface area contributed by atoms with E-state index in [-0.39, 0.29) is 29.4 Å². The van der Waals surface area contributed by atoms with Gasteiger partial charge in [-0.05, 0) is 48.7 Å². The number of aromatic hydroxyl groups is 1. The van der Waals surface area contributed by atoms with Gasteiger partial charge in [0.2, 0.25) is 0 Å². The number of hydrogen-bond acceptors (Lipinski definition) is 6. The second-order valence-electron chi connectivity index (χ2n) is 8.45. The molecule has 1 heterocycles. The number of rotatable bonds is 9. The standard InChI is InChI=1S/C29H29NO6/c1-3-15-36-22-12-8-11-21(16-22)27(32)25-26(20-13-14-23(31)24(17-20)35-4-2)30(29(34)28(25)33)18-19-9-6-5-7-10-19/h5-14,16-17,26,31-32H,3-4,15,18H2,1-2H3. The van der Waals surface area contributed by atoms with Crippen LogP contribution < -0.4 is 9.47 Å². The zero-order valence-electron chi connectivity index (χ0n) is 20.3. The lowest BCUT2D eigenvalue weighted by atomic mass is 9.94. The van der Waals surface area contributed by atoms with E-state index in [0.29, 0.717) is 30.1 Å². The molecule has 0 spiro atoms. The van der Waals surface area contributed by atoms with Crippen molar-refractivity contribution in [1.29, 1.82) is 0 Å². The number of phenolic OH excluding ortho intramolecular Hbond substituents is 1. The highest BCUT2D eigenvalue weighted by molar-refractivity contribution is 6.46. The van der Waals surface area contributed by atoms with E-state index in [0.717, 1.165) is 12.0 Å². The second kappa shape index (κ2) is 11.0. The summed E-state index contributed by atoms with van der Waals surface area (Å²) in [5.74, 6) is -1.05. The summed E-state index contributed by atoms with van der Waals surface area (Å²) in [6.07, 6.45) is 0.823. The number of Topliss-reactive ketones (excluding diaryl/α,β-unsaturated/α-hetero) is 1. The molecule has 0 aromatic heterocycles. The molecule has 1 unspecified atom stereocenters. The molecule has 3 aromatic carbocycles. The van der Waals surface area contributed by atoms with Crippen LogP contribution in [-0.4, -0.2) is 40.0 Å². The number of benzene rings is 3. The third-order valence-corrected chi connectivity index (χ3v) is 5.92. The maximum Gasteiger partial charge on any atom is 0.295 e. The van der Waals surface area contributed by atoms with Crippen LogP contribution in [-0.2, 0) is 16.1 Å². The van der Waals surface area contributed by atoms with Gasteiger partial charge in [0.15, 0.2) is 11.5 Å². The van der Waals surface area contributed by atoms with Gasteiger partial charge < -0.3 is 24.6 Å². The zero-order valence-corrected chi connectivity index (χ0v) is 20.3. The summed E-state index contributed by atoms with van der Waals surface area (Å²) in [6, 6.07) is 19.9. The van der Waals surface area contributed by atoms with Crippen molar-refractivity contribution >= 4 is 17.4 Å². The average Bonchev–Trinajstić information content (AvgIpc) is 3.14. The SMILES string of the molecule is CCCOc1cccc(C(O)=C2C(=O)C(=O)N(Cc3ccccc3)C2c2ccc(O)c(OCC)c2)c1. The fraction of sp³-hybridized carbons (Fsp3) is 0.241. The Morgan fingerprint density at radius 1 is 0.944 bits per heavy atom. The van der Waals surface area contributed by atoms with Crippen LogP contribution in [0.2, 0.25) is 0 Å². The average molecular weight is 488 g/mol. The fourth-order valence-corrected chi connectivity index (χ4v) is 4.25. The number of aliphatic hydroxyl groups excluding tert-OH is 1. The first-order valence-electron chi connectivity index (χ1n) is 12.0. The van der Waals surface area contributed by atoms with Gasteiger partial charge in [0, 0.05) is 12.1 Å². The lowest BCUT2D eigenvalue weighted by Gasteiger charge is -2.26. The van der Waals surface area contributed by atoms with Crippen molar-refractivity contribution in [3.63, 3.8) is 0 Å². The summed E-state index contributed by atoms with van der Waals surface area (Å²) in [4.78, 5) is 28.0. The largest absolute Gasteiger partial charge is 0.507 e. The lowest BCUT2D eigenvalue weighted by Crippen LogP contribution is -2.29. The molecule has 7 heteroatoms. The molecule has 0 bridgehead atoms. The maximum absolute atomic E-state index is 13.3. The van der Waals surface area contributed by atoms with Crippen molar-refractivity contribution in [2.75, 3.05) is 13.2 Å². The molecule has 1 aliphatic rings. The first kappa shape index (κ1) is 24.9. The van der Waals surface area contributed by atoms with Gasteiger partial charge in [-0.1, -0.05) is 55.5 Å². The van der Waals surface area contributed by atoms with Crippen molar-refractivity contribution in [2.45, 2.75) is 32.9 Å². The molecule has 2 N–H and O–H groups in total. The highest BCUT2D eigenvalue weighted by atomic mass is 16.5. The Bertz CT molecular complexity index is 1280. The third-order valence-electron chi connectivity index (χ3n) is 5.92. The smallest absolute Gasteiger partial charge is 0.295 e. The quantitative estimate of drug-likeness (QED) is 0.245. The minimum atomic E-state index is -0.884. The first-order valence-corrected chi connectivity index (χ1v) is 12.0. The summed E-state index contributed by atoms with van der Waals surface area (Å²) in [5.41, 5.74) is 1.71. The Morgan fingerprint density at radius 3 is 2.44 bits per heavy atom. The Hall–Kier alpha value is -4.26. The van der Waals surface area contributed by atoms with Crippen LogP contribution >= 0.6 is 0 Å². The van der Waals surface area contributed by atoms with Gasteiger partial charge >= 0.3 is 0 Å². The minimum absolute atomic E-state index is 0.0308. The van der Waals surface area contributed by atoms with E-state index in [1.54, 1.807) is 43.3 Å². The molecule has 0 radical (unpaired) electrons. The molecule has 1 amide bonds. The fourth-order valence-electron chi connectivity index (χ4n) is 4.25. The van der Waals surface area contributed by atoms with E-state index in [1.807, 2.05) is 37.3 Å². The minimum Gasteiger partial charge on any atom is -0.507 e. The molecule has 186 valence electrons. The van der Waals surface area contributed by atoms with Crippen LogP contribution in [0.15, 0.2) is 78.4 Å². The monoisotopic (exact) mass is 487 g/mol. The van der Waals surface area contributed by atoms with Crippen LogP contribution in [0.25, 0.3) is 5.76 Å². The Kier molecular flexibility index (Phi) is 7.59.